The number of anilines is 3. The molecule has 0 fully saturated rings. The molecule has 0 saturated heterocycles. The van der Waals surface area contributed by atoms with Crippen molar-refractivity contribution in [3.8, 4) is 33.6 Å². The molecule has 0 aliphatic heterocycles. The quantitative estimate of drug-likeness (QED) is 0.160. The fourth-order valence-corrected chi connectivity index (χ4v) is 8.58. The first-order valence-corrected chi connectivity index (χ1v) is 19.2. The van der Waals surface area contributed by atoms with E-state index in [9.17, 15) is 0 Å². The predicted molar refractivity (Wildman–Crippen MR) is 237 cm³/mol. The van der Waals surface area contributed by atoms with Crippen molar-refractivity contribution < 1.29 is 4.42 Å². The summed E-state index contributed by atoms with van der Waals surface area (Å²) < 4.78 is 6.35. The number of hydrogen-bond donors (Lipinski definition) is 0. The van der Waals surface area contributed by atoms with Gasteiger partial charge in [0.05, 0.1) is 5.69 Å². The molecule has 0 bridgehead atoms. The number of nitrogens with zero attached hydrogens (tertiary/aromatic N) is 1. The topological polar surface area (TPSA) is 16.4 Å². The summed E-state index contributed by atoms with van der Waals surface area (Å²) in [6.07, 6.45) is 0. The molecule has 1 heterocycles. The van der Waals surface area contributed by atoms with Crippen LogP contribution in [0.15, 0.2) is 217 Å². The van der Waals surface area contributed by atoms with Gasteiger partial charge in [-0.15, -0.1) is 0 Å². The monoisotopic (exact) mass is 713 g/mol. The van der Waals surface area contributed by atoms with E-state index in [0.29, 0.717) is 0 Å². The average Bonchev–Trinajstić information content (AvgIpc) is 3.71. The van der Waals surface area contributed by atoms with Gasteiger partial charge in [-0.3, -0.25) is 0 Å². The van der Waals surface area contributed by atoms with Crippen molar-refractivity contribution in [2.45, 2.75) is 0 Å². The smallest absolute Gasteiger partial charge is 0.136 e. The zero-order chi connectivity index (χ0) is 37.0. The van der Waals surface area contributed by atoms with E-state index in [4.69, 9.17) is 4.42 Å². The molecule has 10 aromatic carbocycles. The van der Waals surface area contributed by atoms with Crippen LogP contribution >= 0.6 is 0 Å². The van der Waals surface area contributed by atoms with Gasteiger partial charge in [-0.1, -0.05) is 164 Å². The molecule has 262 valence electrons. The second-order valence-electron chi connectivity index (χ2n) is 14.5. The van der Waals surface area contributed by atoms with Gasteiger partial charge in [0.1, 0.15) is 11.3 Å². The number of para-hydroxylation sites is 1. The molecule has 0 radical (unpaired) electrons. The number of benzene rings is 10. The van der Waals surface area contributed by atoms with E-state index in [0.717, 1.165) is 50.5 Å². The standard InChI is InChI=1S/C54H35NO/c1-4-17-44-38(13-1)33-51(48-21-8-7-19-46(44)48)37-27-31-42(32-28-37)55(52-34-39-14-2-5-18-45(39)47-20-9-10-22-49(47)52)41-29-25-36(26-30-41)43-16-6-11-23-50(43)54-35-40-15-3-12-24-53(40)56-54/h1-35H. The minimum Gasteiger partial charge on any atom is -0.456 e. The Kier molecular flexibility index (Phi) is 7.53. The van der Waals surface area contributed by atoms with Crippen LogP contribution in [0.5, 0.6) is 0 Å². The van der Waals surface area contributed by atoms with Crippen molar-refractivity contribution in [3.05, 3.63) is 212 Å². The molecule has 0 N–H and O–H groups in total. The molecule has 2 heteroatoms. The highest BCUT2D eigenvalue weighted by Crippen LogP contribution is 2.44. The lowest BCUT2D eigenvalue weighted by Crippen LogP contribution is -2.10. The van der Waals surface area contributed by atoms with Gasteiger partial charge >= 0.3 is 0 Å². The summed E-state index contributed by atoms with van der Waals surface area (Å²) in [6, 6.07) is 76.5. The summed E-state index contributed by atoms with van der Waals surface area (Å²) in [7, 11) is 0. The minimum absolute atomic E-state index is 0.870. The molecular weight excluding hydrogens is 679 g/mol. The van der Waals surface area contributed by atoms with E-state index in [1.807, 2.05) is 12.1 Å². The molecule has 0 spiro atoms. The lowest BCUT2D eigenvalue weighted by molar-refractivity contribution is 0.632. The third kappa shape index (κ3) is 5.34. The van der Waals surface area contributed by atoms with Crippen molar-refractivity contribution >= 4 is 71.1 Å². The molecule has 2 nitrogen and oxygen atoms in total. The molecule has 0 unspecified atom stereocenters. The summed E-state index contributed by atoms with van der Waals surface area (Å²) in [5.74, 6) is 0.870. The second-order valence-corrected chi connectivity index (χ2v) is 14.5. The van der Waals surface area contributed by atoms with Gasteiger partial charge in [-0.05, 0) is 108 Å². The molecule has 0 aliphatic carbocycles. The first-order valence-electron chi connectivity index (χ1n) is 19.2. The molecular formula is C54H35NO. The van der Waals surface area contributed by atoms with Gasteiger partial charge in [0.15, 0.2) is 0 Å². The third-order valence-corrected chi connectivity index (χ3v) is 11.2. The molecule has 11 aromatic rings. The second kappa shape index (κ2) is 13.2. The molecule has 56 heavy (non-hydrogen) atoms. The van der Waals surface area contributed by atoms with E-state index in [1.165, 1.54) is 54.2 Å². The number of furan rings is 1. The maximum atomic E-state index is 6.35. The van der Waals surface area contributed by atoms with E-state index < -0.39 is 0 Å². The van der Waals surface area contributed by atoms with Gasteiger partial charge < -0.3 is 9.32 Å². The van der Waals surface area contributed by atoms with Crippen LogP contribution in [0.25, 0.3) is 87.6 Å². The summed E-state index contributed by atoms with van der Waals surface area (Å²) in [5, 5.41) is 11.1. The van der Waals surface area contributed by atoms with Crippen molar-refractivity contribution in [1.82, 2.24) is 0 Å². The molecule has 11 rings (SSSR count). The fourth-order valence-electron chi connectivity index (χ4n) is 8.58. The number of rotatable bonds is 6. The SMILES string of the molecule is c1ccc(-c2cc3ccccc3o2)c(-c2ccc(N(c3ccc(-c4cc5ccccc5c5ccccc45)cc3)c3cc4ccccc4c4ccccc34)cc2)c1. The average molecular weight is 714 g/mol. The maximum absolute atomic E-state index is 6.35. The van der Waals surface area contributed by atoms with Crippen LogP contribution in [-0.2, 0) is 0 Å². The van der Waals surface area contributed by atoms with E-state index >= 15 is 0 Å². The lowest BCUT2D eigenvalue weighted by Gasteiger charge is -2.28. The van der Waals surface area contributed by atoms with Crippen LogP contribution < -0.4 is 4.90 Å². The van der Waals surface area contributed by atoms with Crippen molar-refractivity contribution in [3.63, 3.8) is 0 Å². The van der Waals surface area contributed by atoms with Gasteiger partial charge in [-0.2, -0.15) is 0 Å². The van der Waals surface area contributed by atoms with Crippen LogP contribution in [0.1, 0.15) is 0 Å². The lowest BCUT2D eigenvalue weighted by atomic mass is 9.93. The summed E-state index contributed by atoms with van der Waals surface area (Å²) in [4.78, 5) is 2.41. The maximum Gasteiger partial charge on any atom is 0.136 e. The van der Waals surface area contributed by atoms with Crippen LogP contribution in [0, 0.1) is 0 Å². The number of hydrogen-bond acceptors (Lipinski definition) is 2. The Morgan fingerprint density at radius 2 is 0.768 bits per heavy atom. The van der Waals surface area contributed by atoms with Crippen molar-refractivity contribution in [2.75, 3.05) is 4.90 Å². The Hall–Kier alpha value is -7.42. The predicted octanol–water partition coefficient (Wildman–Crippen LogP) is 15.5. The van der Waals surface area contributed by atoms with Gasteiger partial charge in [0.25, 0.3) is 0 Å². The fraction of sp³-hybridized carbons (Fsp3) is 0. The van der Waals surface area contributed by atoms with Crippen LogP contribution in [-0.4, -0.2) is 0 Å². The summed E-state index contributed by atoms with van der Waals surface area (Å²) in [6.45, 7) is 0. The van der Waals surface area contributed by atoms with Gasteiger partial charge in [-0.25, -0.2) is 0 Å². The molecule has 1 aromatic heterocycles. The van der Waals surface area contributed by atoms with E-state index in [-0.39, 0.29) is 0 Å². The van der Waals surface area contributed by atoms with Crippen molar-refractivity contribution in [1.29, 1.82) is 0 Å². The highest BCUT2D eigenvalue weighted by molar-refractivity contribution is 6.15. The summed E-state index contributed by atoms with van der Waals surface area (Å²) >= 11 is 0. The third-order valence-electron chi connectivity index (χ3n) is 11.2. The molecule has 0 aliphatic rings. The summed E-state index contributed by atoms with van der Waals surface area (Å²) in [5.41, 5.74) is 9.97. The number of fused-ring (bicyclic) bond motifs is 7. The van der Waals surface area contributed by atoms with E-state index in [1.54, 1.807) is 0 Å². The highest BCUT2D eigenvalue weighted by Gasteiger charge is 2.19. The Labute approximate surface area is 325 Å². The Balaban J connectivity index is 1.06. The Morgan fingerprint density at radius 3 is 1.41 bits per heavy atom. The Morgan fingerprint density at radius 1 is 0.304 bits per heavy atom. The normalized spacial score (nSPS) is 11.6. The zero-order valence-electron chi connectivity index (χ0n) is 30.6. The van der Waals surface area contributed by atoms with Gasteiger partial charge in [0, 0.05) is 27.7 Å². The zero-order valence-corrected chi connectivity index (χ0v) is 30.6. The minimum atomic E-state index is 0.870. The largest absolute Gasteiger partial charge is 0.456 e. The molecule has 0 saturated carbocycles. The molecule has 0 atom stereocenters. The van der Waals surface area contributed by atoms with E-state index in [2.05, 4.69) is 205 Å². The van der Waals surface area contributed by atoms with Gasteiger partial charge in [0.2, 0.25) is 0 Å². The Bertz CT molecular complexity index is 3210. The van der Waals surface area contributed by atoms with Crippen molar-refractivity contribution in [2.24, 2.45) is 0 Å². The van der Waals surface area contributed by atoms with Crippen LogP contribution in [0.4, 0.5) is 17.1 Å². The first kappa shape index (κ1) is 32.0. The highest BCUT2D eigenvalue weighted by atomic mass is 16.3. The van der Waals surface area contributed by atoms with Crippen LogP contribution in [0.3, 0.4) is 0 Å². The first-order chi connectivity index (χ1) is 27.8. The van der Waals surface area contributed by atoms with Crippen LogP contribution in [0.2, 0.25) is 0 Å². The molecule has 0 amide bonds.